The minimum absolute atomic E-state index is 0.290. The molecule has 0 bridgehead atoms. The van der Waals surface area contributed by atoms with Crippen molar-refractivity contribution in [1.29, 1.82) is 0 Å². The highest BCUT2D eigenvalue weighted by Gasteiger charge is 2.16. The molecule has 3 aromatic carbocycles. The number of nitrogens with zero attached hydrogens (tertiary/aromatic N) is 3. The van der Waals surface area contributed by atoms with Crippen LogP contribution in [0.25, 0.3) is 33.1 Å². The average molecular weight is 430 g/mol. The maximum Gasteiger partial charge on any atom is 0.339 e. The van der Waals surface area contributed by atoms with E-state index in [0.29, 0.717) is 23.6 Å². The summed E-state index contributed by atoms with van der Waals surface area (Å²) in [5, 5.41) is 1.48. The molecule has 0 amide bonds. The van der Waals surface area contributed by atoms with Gasteiger partial charge in [0.15, 0.2) is 5.65 Å². The van der Waals surface area contributed by atoms with Crippen molar-refractivity contribution in [2.75, 3.05) is 6.61 Å². The molecule has 0 spiro atoms. The molecular formula is C25H20ClN3O2. The van der Waals surface area contributed by atoms with Crippen LogP contribution < -0.4 is 0 Å². The summed E-state index contributed by atoms with van der Waals surface area (Å²) in [6.45, 7) is 3.04. The number of aromatic nitrogens is 3. The molecule has 0 atom stereocenters. The van der Waals surface area contributed by atoms with Crippen molar-refractivity contribution in [3.05, 3.63) is 82.9 Å². The molecule has 0 N–H and O–H groups in total. The Morgan fingerprint density at radius 1 is 0.968 bits per heavy atom. The first kappa shape index (κ1) is 19.5. The highest BCUT2D eigenvalue weighted by Crippen LogP contribution is 2.30. The molecule has 154 valence electrons. The second-order valence-electron chi connectivity index (χ2n) is 7.48. The average Bonchev–Trinajstić information content (AvgIpc) is 3.09. The molecule has 0 radical (unpaired) electrons. The van der Waals surface area contributed by atoms with E-state index >= 15 is 0 Å². The molecule has 2 aromatic heterocycles. The summed E-state index contributed by atoms with van der Waals surface area (Å²) in [4.78, 5) is 22.1. The quantitative estimate of drug-likeness (QED) is 0.256. The van der Waals surface area contributed by atoms with E-state index in [1.165, 1.54) is 0 Å². The monoisotopic (exact) mass is 429 g/mol. The number of para-hydroxylation sites is 3. The normalized spacial score (nSPS) is 11.4. The van der Waals surface area contributed by atoms with Gasteiger partial charge in [0.25, 0.3) is 0 Å². The zero-order chi connectivity index (χ0) is 21.4. The Bertz CT molecular complexity index is 1440. The number of esters is 1. The lowest BCUT2D eigenvalue weighted by molar-refractivity contribution is 0.0497. The zero-order valence-corrected chi connectivity index (χ0v) is 17.8. The number of ether oxygens (including phenoxy) is 1. The standard InChI is InChI=1S/C25H20ClN3O2/c1-16-8-6-10-18-22-24(28-21-13-5-4-12-20(21)27-22)29(23(16)18)14-7-15-31-25(30)17-9-2-3-11-19(17)26/h2-6,8-13H,7,14-15H2,1H3. The summed E-state index contributed by atoms with van der Waals surface area (Å²) in [6, 6.07) is 21.0. The molecule has 5 nitrogen and oxygen atoms in total. The van der Waals surface area contributed by atoms with Gasteiger partial charge in [-0.1, -0.05) is 54.1 Å². The number of benzene rings is 3. The lowest BCUT2D eigenvalue weighted by atomic mass is 10.1. The molecule has 0 aliphatic carbocycles. The molecule has 0 aliphatic heterocycles. The smallest absolute Gasteiger partial charge is 0.339 e. The maximum absolute atomic E-state index is 12.3. The largest absolute Gasteiger partial charge is 0.462 e. The lowest BCUT2D eigenvalue weighted by Gasteiger charge is -2.10. The SMILES string of the molecule is Cc1cccc2c3nc4ccccc4nc3n(CCCOC(=O)c3ccccc3Cl)c12. The number of carbonyl (C=O) groups excluding carboxylic acids is 1. The minimum Gasteiger partial charge on any atom is -0.462 e. The van der Waals surface area contributed by atoms with E-state index in [1.54, 1.807) is 24.3 Å². The van der Waals surface area contributed by atoms with Gasteiger partial charge in [-0.3, -0.25) is 0 Å². The first-order valence-electron chi connectivity index (χ1n) is 10.2. The zero-order valence-electron chi connectivity index (χ0n) is 17.0. The molecule has 2 heterocycles. The Kier molecular flexibility index (Phi) is 5.04. The number of aryl methyl sites for hydroxylation is 2. The third kappa shape index (κ3) is 3.51. The van der Waals surface area contributed by atoms with E-state index in [9.17, 15) is 4.79 Å². The van der Waals surface area contributed by atoms with Crippen LogP contribution >= 0.6 is 11.6 Å². The highest BCUT2D eigenvalue weighted by atomic mass is 35.5. The Balaban J connectivity index is 1.45. The van der Waals surface area contributed by atoms with Crippen molar-refractivity contribution in [1.82, 2.24) is 14.5 Å². The summed E-state index contributed by atoms with van der Waals surface area (Å²) < 4.78 is 7.64. The third-order valence-electron chi connectivity index (χ3n) is 5.42. The van der Waals surface area contributed by atoms with E-state index in [-0.39, 0.29) is 6.61 Å². The fourth-order valence-electron chi connectivity index (χ4n) is 3.98. The minimum atomic E-state index is -0.408. The summed E-state index contributed by atoms with van der Waals surface area (Å²) in [7, 11) is 0. The molecule has 0 saturated heterocycles. The van der Waals surface area contributed by atoms with Gasteiger partial charge in [0, 0.05) is 11.9 Å². The fraction of sp³-hybridized carbons (Fsp3) is 0.160. The van der Waals surface area contributed by atoms with E-state index < -0.39 is 5.97 Å². The molecule has 0 fully saturated rings. The number of carbonyl (C=O) groups is 1. The van der Waals surface area contributed by atoms with Crippen LogP contribution in [0.3, 0.4) is 0 Å². The molecule has 6 heteroatoms. The third-order valence-corrected chi connectivity index (χ3v) is 5.75. The number of halogens is 1. The second-order valence-corrected chi connectivity index (χ2v) is 7.88. The first-order chi connectivity index (χ1) is 15.1. The summed E-state index contributed by atoms with van der Waals surface area (Å²) >= 11 is 6.09. The van der Waals surface area contributed by atoms with Gasteiger partial charge in [-0.2, -0.15) is 0 Å². The summed E-state index contributed by atoms with van der Waals surface area (Å²) in [5.41, 5.74) is 6.14. The van der Waals surface area contributed by atoms with Gasteiger partial charge in [0.1, 0.15) is 5.52 Å². The van der Waals surface area contributed by atoms with E-state index in [4.69, 9.17) is 26.3 Å². The van der Waals surface area contributed by atoms with Crippen LogP contribution in [0.2, 0.25) is 5.02 Å². The van der Waals surface area contributed by atoms with Crippen LogP contribution in [-0.2, 0) is 11.3 Å². The number of hydrogen-bond donors (Lipinski definition) is 0. The molecule has 5 rings (SSSR count). The van der Waals surface area contributed by atoms with Gasteiger partial charge in [0.2, 0.25) is 0 Å². The van der Waals surface area contributed by atoms with Gasteiger partial charge in [-0.15, -0.1) is 0 Å². The predicted octanol–water partition coefficient (Wildman–Crippen LogP) is 5.95. The number of fused-ring (bicyclic) bond motifs is 4. The summed E-state index contributed by atoms with van der Waals surface area (Å²) in [5.74, 6) is -0.408. The van der Waals surface area contributed by atoms with Gasteiger partial charge in [-0.25, -0.2) is 14.8 Å². The van der Waals surface area contributed by atoms with Crippen molar-refractivity contribution in [3.63, 3.8) is 0 Å². The molecule has 0 unspecified atom stereocenters. The van der Waals surface area contributed by atoms with Crippen molar-refractivity contribution < 1.29 is 9.53 Å². The van der Waals surface area contributed by atoms with Gasteiger partial charge >= 0.3 is 5.97 Å². The summed E-state index contributed by atoms with van der Waals surface area (Å²) in [6.07, 6.45) is 0.651. The predicted molar refractivity (Wildman–Crippen MR) is 124 cm³/mol. The molecule has 0 aliphatic rings. The van der Waals surface area contributed by atoms with Crippen LogP contribution in [0.5, 0.6) is 0 Å². The Morgan fingerprint density at radius 2 is 1.71 bits per heavy atom. The van der Waals surface area contributed by atoms with Crippen LogP contribution in [-0.4, -0.2) is 27.1 Å². The van der Waals surface area contributed by atoms with Crippen molar-refractivity contribution >= 4 is 50.7 Å². The van der Waals surface area contributed by atoms with E-state index in [0.717, 1.165) is 38.7 Å². The van der Waals surface area contributed by atoms with Crippen molar-refractivity contribution in [2.45, 2.75) is 19.9 Å². The first-order valence-corrected chi connectivity index (χ1v) is 10.6. The number of hydrogen-bond acceptors (Lipinski definition) is 4. The van der Waals surface area contributed by atoms with Gasteiger partial charge < -0.3 is 9.30 Å². The van der Waals surface area contributed by atoms with E-state index in [1.807, 2.05) is 30.3 Å². The van der Waals surface area contributed by atoms with E-state index in [2.05, 4.69) is 23.6 Å². The molecule has 31 heavy (non-hydrogen) atoms. The molecule has 0 saturated carbocycles. The van der Waals surface area contributed by atoms with Crippen molar-refractivity contribution in [3.8, 4) is 0 Å². The molecule has 5 aromatic rings. The van der Waals surface area contributed by atoms with Crippen LogP contribution in [0.15, 0.2) is 66.7 Å². The maximum atomic E-state index is 12.3. The Hall–Kier alpha value is -3.44. The van der Waals surface area contributed by atoms with Crippen LogP contribution in [0.1, 0.15) is 22.3 Å². The fourth-order valence-corrected chi connectivity index (χ4v) is 4.20. The van der Waals surface area contributed by atoms with Crippen LogP contribution in [0, 0.1) is 6.92 Å². The lowest BCUT2D eigenvalue weighted by Crippen LogP contribution is -2.09. The number of rotatable bonds is 5. The topological polar surface area (TPSA) is 57.0 Å². The molecular weight excluding hydrogens is 410 g/mol. The van der Waals surface area contributed by atoms with Gasteiger partial charge in [-0.05, 0) is 43.2 Å². The van der Waals surface area contributed by atoms with Crippen LogP contribution in [0.4, 0.5) is 0 Å². The van der Waals surface area contributed by atoms with Crippen molar-refractivity contribution in [2.24, 2.45) is 0 Å². The Labute approximate surface area is 184 Å². The second kappa shape index (κ2) is 8.00. The van der Waals surface area contributed by atoms with Gasteiger partial charge in [0.05, 0.1) is 33.7 Å². The Morgan fingerprint density at radius 3 is 2.52 bits per heavy atom. The highest BCUT2D eigenvalue weighted by molar-refractivity contribution is 6.33.